The number of hydrogen-bond donors (Lipinski definition) is 1. The van der Waals surface area contributed by atoms with Gasteiger partial charge in [0.15, 0.2) is 0 Å². The van der Waals surface area contributed by atoms with Crippen LogP contribution in [0.25, 0.3) is 0 Å². The van der Waals surface area contributed by atoms with Gasteiger partial charge in [0.05, 0.1) is 12.2 Å². The van der Waals surface area contributed by atoms with E-state index in [4.69, 9.17) is 14.6 Å². The summed E-state index contributed by atoms with van der Waals surface area (Å²) in [6.07, 6.45) is 0.940. The fraction of sp³-hybridized carbons (Fsp3) is 0.333. The minimum atomic E-state index is -1.03. The van der Waals surface area contributed by atoms with E-state index in [1.165, 1.54) is 24.3 Å². The second-order valence-electron chi connectivity index (χ2n) is 3.38. The number of aromatic carboxylic acids is 1. The van der Waals surface area contributed by atoms with E-state index in [9.17, 15) is 9.59 Å². The van der Waals surface area contributed by atoms with E-state index in [1.807, 2.05) is 6.92 Å². The number of carboxylic acid groups (broad SMARTS) is 1. The third-order valence-corrected chi connectivity index (χ3v) is 2.02. The summed E-state index contributed by atoms with van der Waals surface area (Å²) in [6.45, 7) is 2.31. The van der Waals surface area contributed by atoms with Crippen LogP contribution in [0.15, 0.2) is 24.3 Å². The standard InChI is InChI=1S/C12H14O5/c1-2-3-8-16-12(15)17-10-6-4-9(5-7-10)11(13)14/h4-7H,2-3,8H2,1H3,(H,13,14). The molecular weight excluding hydrogens is 224 g/mol. The van der Waals surface area contributed by atoms with Crippen molar-refractivity contribution in [3.63, 3.8) is 0 Å². The van der Waals surface area contributed by atoms with Crippen LogP contribution in [0.3, 0.4) is 0 Å². The van der Waals surface area contributed by atoms with Crippen LogP contribution in [0, 0.1) is 0 Å². The van der Waals surface area contributed by atoms with Crippen molar-refractivity contribution in [2.45, 2.75) is 19.8 Å². The molecule has 1 aromatic carbocycles. The number of benzene rings is 1. The number of rotatable bonds is 5. The van der Waals surface area contributed by atoms with Crippen molar-refractivity contribution >= 4 is 12.1 Å². The lowest BCUT2D eigenvalue weighted by atomic mass is 10.2. The predicted molar refractivity (Wildman–Crippen MR) is 60.3 cm³/mol. The SMILES string of the molecule is CCCCOC(=O)Oc1ccc(C(=O)O)cc1. The average Bonchev–Trinajstić information content (AvgIpc) is 2.30. The number of ether oxygens (including phenoxy) is 2. The summed E-state index contributed by atoms with van der Waals surface area (Å²) in [6, 6.07) is 5.53. The number of carbonyl (C=O) groups excluding carboxylic acids is 1. The van der Waals surface area contributed by atoms with Crippen LogP contribution in [0.1, 0.15) is 30.1 Å². The lowest BCUT2D eigenvalue weighted by Crippen LogP contribution is -2.11. The fourth-order valence-electron chi connectivity index (χ4n) is 1.09. The van der Waals surface area contributed by atoms with Gasteiger partial charge in [-0.15, -0.1) is 0 Å². The van der Waals surface area contributed by atoms with Gasteiger partial charge in [0, 0.05) is 0 Å². The van der Waals surface area contributed by atoms with Gasteiger partial charge in [-0.3, -0.25) is 0 Å². The molecule has 0 atom stereocenters. The Balaban J connectivity index is 2.46. The van der Waals surface area contributed by atoms with Gasteiger partial charge in [0.1, 0.15) is 5.75 Å². The van der Waals surface area contributed by atoms with Crippen molar-refractivity contribution in [1.82, 2.24) is 0 Å². The van der Waals surface area contributed by atoms with Crippen LogP contribution >= 0.6 is 0 Å². The molecule has 0 fully saturated rings. The second kappa shape index (κ2) is 6.52. The minimum absolute atomic E-state index is 0.136. The van der Waals surface area contributed by atoms with Crippen LogP contribution in [-0.4, -0.2) is 23.8 Å². The van der Waals surface area contributed by atoms with E-state index in [-0.39, 0.29) is 11.3 Å². The largest absolute Gasteiger partial charge is 0.513 e. The fourth-order valence-corrected chi connectivity index (χ4v) is 1.09. The predicted octanol–water partition coefficient (Wildman–Crippen LogP) is 2.70. The molecule has 0 amide bonds. The monoisotopic (exact) mass is 238 g/mol. The molecule has 0 bridgehead atoms. The van der Waals surface area contributed by atoms with Gasteiger partial charge in [-0.1, -0.05) is 13.3 Å². The Morgan fingerprint density at radius 3 is 2.41 bits per heavy atom. The highest BCUT2D eigenvalue weighted by Crippen LogP contribution is 2.12. The van der Waals surface area contributed by atoms with Crippen LogP contribution in [0.2, 0.25) is 0 Å². The molecule has 5 nitrogen and oxygen atoms in total. The molecule has 0 aliphatic carbocycles. The molecular formula is C12H14O5. The van der Waals surface area contributed by atoms with Crippen molar-refractivity contribution < 1.29 is 24.2 Å². The van der Waals surface area contributed by atoms with Crippen LogP contribution in [0.5, 0.6) is 5.75 Å². The Morgan fingerprint density at radius 2 is 1.88 bits per heavy atom. The lowest BCUT2D eigenvalue weighted by molar-refractivity contribution is 0.0697. The quantitative estimate of drug-likeness (QED) is 0.485. The molecule has 1 N–H and O–H groups in total. The third kappa shape index (κ3) is 4.55. The molecule has 0 aliphatic rings. The molecule has 0 heterocycles. The Morgan fingerprint density at radius 1 is 1.24 bits per heavy atom. The summed E-state index contributed by atoms with van der Waals surface area (Å²) >= 11 is 0. The third-order valence-electron chi connectivity index (χ3n) is 2.02. The number of unbranched alkanes of at least 4 members (excludes halogenated alkanes) is 1. The zero-order chi connectivity index (χ0) is 12.7. The summed E-state index contributed by atoms with van der Waals surface area (Å²) in [7, 11) is 0. The summed E-state index contributed by atoms with van der Waals surface area (Å²) in [4.78, 5) is 21.7. The Hall–Kier alpha value is -2.04. The van der Waals surface area contributed by atoms with Crippen LogP contribution in [-0.2, 0) is 4.74 Å². The van der Waals surface area contributed by atoms with Crippen LogP contribution in [0.4, 0.5) is 4.79 Å². The van der Waals surface area contributed by atoms with Gasteiger partial charge >= 0.3 is 12.1 Å². The summed E-state index contributed by atoms with van der Waals surface area (Å²) in [5.41, 5.74) is 0.136. The maximum atomic E-state index is 11.1. The van der Waals surface area contributed by atoms with Crippen molar-refractivity contribution in [3.8, 4) is 5.75 Å². The zero-order valence-corrected chi connectivity index (χ0v) is 9.51. The van der Waals surface area contributed by atoms with Gasteiger partial charge < -0.3 is 14.6 Å². The molecule has 0 saturated heterocycles. The van der Waals surface area contributed by atoms with E-state index < -0.39 is 12.1 Å². The molecule has 0 aliphatic heterocycles. The molecule has 0 aromatic heterocycles. The molecule has 1 aromatic rings. The van der Waals surface area contributed by atoms with Crippen molar-refractivity contribution in [3.05, 3.63) is 29.8 Å². The van der Waals surface area contributed by atoms with E-state index >= 15 is 0 Å². The average molecular weight is 238 g/mol. The van der Waals surface area contributed by atoms with Crippen molar-refractivity contribution in [2.24, 2.45) is 0 Å². The molecule has 1 rings (SSSR count). The smallest absolute Gasteiger partial charge is 0.478 e. The van der Waals surface area contributed by atoms with Gasteiger partial charge in [-0.25, -0.2) is 9.59 Å². The second-order valence-corrected chi connectivity index (χ2v) is 3.38. The number of carboxylic acids is 1. The highest BCUT2D eigenvalue weighted by atomic mass is 16.7. The first-order chi connectivity index (χ1) is 8.13. The summed E-state index contributed by atoms with van der Waals surface area (Å²) < 4.78 is 9.63. The summed E-state index contributed by atoms with van der Waals surface area (Å²) in [5.74, 6) is -0.765. The van der Waals surface area contributed by atoms with E-state index in [0.29, 0.717) is 6.61 Å². The molecule has 0 unspecified atom stereocenters. The maximum absolute atomic E-state index is 11.1. The van der Waals surface area contributed by atoms with Crippen molar-refractivity contribution in [2.75, 3.05) is 6.61 Å². The molecule has 0 saturated carbocycles. The van der Waals surface area contributed by atoms with Gasteiger partial charge in [-0.2, -0.15) is 0 Å². The minimum Gasteiger partial charge on any atom is -0.478 e. The van der Waals surface area contributed by atoms with Crippen LogP contribution < -0.4 is 4.74 Å². The van der Waals surface area contributed by atoms with Crippen molar-refractivity contribution in [1.29, 1.82) is 0 Å². The molecule has 5 heteroatoms. The molecule has 92 valence electrons. The Labute approximate surface area is 99.0 Å². The lowest BCUT2D eigenvalue weighted by Gasteiger charge is -2.05. The first-order valence-corrected chi connectivity index (χ1v) is 5.31. The highest BCUT2D eigenvalue weighted by molar-refractivity contribution is 5.87. The van der Waals surface area contributed by atoms with E-state index in [1.54, 1.807) is 0 Å². The number of carbonyl (C=O) groups is 2. The molecule has 0 radical (unpaired) electrons. The van der Waals surface area contributed by atoms with E-state index in [0.717, 1.165) is 12.8 Å². The maximum Gasteiger partial charge on any atom is 0.513 e. The normalized spacial score (nSPS) is 9.71. The van der Waals surface area contributed by atoms with E-state index in [2.05, 4.69) is 0 Å². The molecule has 17 heavy (non-hydrogen) atoms. The van der Waals surface area contributed by atoms with Gasteiger partial charge in [-0.05, 0) is 30.7 Å². The number of hydrogen-bond acceptors (Lipinski definition) is 4. The first-order valence-electron chi connectivity index (χ1n) is 5.31. The molecule has 0 spiro atoms. The first kappa shape index (κ1) is 13.0. The van der Waals surface area contributed by atoms with Gasteiger partial charge in [0.25, 0.3) is 0 Å². The topological polar surface area (TPSA) is 72.8 Å². The highest BCUT2D eigenvalue weighted by Gasteiger charge is 2.07. The summed E-state index contributed by atoms with van der Waals surface area (Å²) in [5, 5.41) is 8.67. The van der Waals surface area contributed by atoms with Gasteiger partial charge in [0.2, 0.25) is 0 Å². The Bertz CT molecular complexity index is 382. The zero-order valence-electron chi connectivity index (χ0n) is 9.51. The Kier molecular flexibility index (Phi) is 5.00.